The first kappa shape index (κ1) is 20.5. The summed E-state index contributed by atoms with van der Waals surface area (Å²) in [4.78, 5) is 24.7. The number of hydrogen-bond donors (Lipinski definition) is 2. The fraction of sp³-hybridized carbons (Fsp3) is 0.238. The van der Waals surface area contributed by atoms with Crippen molar-refractivity contribution in [1.29, 1.82) is 0 Å². The van der Waals surface area contributed by atoms with Crippen molar-refractivity contribution in [3.05, 3.63) is 70.2 Å². The van der Waals surface area contributed by atoms with Crippen molar-refractivity contribution in [1.82, 2.24) is 15.5 Å². The van der Waals surface area contributed by atoms with Crippen LogP contribution in [0.3, 0.4) is 0 Å². The minimum atomic E-state index is -0.413. The number of rotatable bonds is 8. The van der Waals surface area contributed by atoms with E-state index in [1.165, 1.54) is 5.56 Å². The molecule has 3 rings (SSSR count). The summed E-state index contributed by atoms with van der Waals surface area (Å²) < 4.78 is 5.09. The number of aryl methyl sites for hydroxylation is 1. The lowest BCUT2D eigenvalue weighted by Gasteiger charge is -2.12. The van der Waals surface area contributed by atoms with Gasteiger partial charge in [-0.1, -0.05) is 41.7 Å². The Hall–Kier alpha value is -3.26. The molecule has 0 fully saturated rings. The number of nitrogens with one attached hydrogen (secondary N) is 2. The van der Waals surface area contributed by atoms with Gasteiger partial charge >= 0.3 is 0 Å². The monoisotopic (exact) mass is 410 g/mol. The first-order valence-electron chi connectivity index (χ1n) is 9.19. The lowest BCUT2D eigenvalue weighted by atomic mass is 10.1. The summed E-state index contributed by atoms with van der Waals surface area (Å²) in [6.45, 7) is 1.94. The minimum absolute atomic E-state index is 0.0248. The zero-order valence-electron chi connectivity index (χ0n) is 16.2. The molecule has 3 aromatic rings. The normalized spacial score (nSPS) is 11.5. The van der Waals surface area contributed by atoms with Crippen LogP contribution in [0.25, 0.3) is 0 Å². The molecule has 0 saturated carbocycles. The molecule has 2 N–H and O–H groups in total. The van der Waals surface area contributed by atoms with Gasteiger partial charge in [0.05, 0.1) is 7.11 Å². The molecule has 0 saturated heterocycles. The van der Waals surface area contributed by atoms with E-state index in [9.17, 15) is 9.59 Å². The van der Waals surface area contributed by atoms with Gasteiger partial charge in [-0.3, -0.25) is 9.59 Å². The number of methoxy groups -OCH3 is 1. The van der Waals surface area contributed by atoms with Gasteiger partial charge in [-0.2, -0.15) is 0 Å². The molecule has 0 aliphatic heterocycles. The first-order chi connectivity index (χ1) is 14.0. The average molecular weight is 410 g/mol. The zero-order chi connectivity index (χ0) is 20.6. The highest BCUT2D eigenvalue weighted by atomic mass is 32.1. The Kier molecular flexibility index (Phi) is 6.91. The lowest BCUT2D eigenvalue weighted by molar-refractivity contribution is 0.0936. The molecule has 8 heteroatoms. The van der Waals surface area contributed by atoms with Crippen LogP contribution < -0.4 is 15.4 Å². The summed E-state index contributed by atoms with van der Waals surface area (Å²) in [5.41, 5.74) is 1.83. The van der Waals surface area contributed by atoms with Crippen molar-refractivity contribution >= 4 is 28.8 Å². The van der Waals surface area contributed by atoms with Crippen molar-refractivity contribution in [2.75, 3.05) is 12.4 Å². The standard InChI is InChI=1S/C21H22N4O3S/c1-14(8-9-15-6-4-3-5-7-15)22-18(26)20-24-25-21(29-20)19(27)23-16-10-12-17(28-2)13-11-16/h3-7,10-14H,8-9H2,1-2H3,(H,22,26)(H,23,27)/t14-/m0/s1. The van der Waals surface area contributed by atoms with Gasteiger partial charge in [0.1, 0.15) is 5.75 Å². The number of carbonyl (C=O) groups excluding carboxylic acids is 2. The van der Waals surface area contributed by atoms with E-state index in [0.717, 1.165) is 24.2 Å². The summed E-state index contributed by atoms with van der Waals surface area (Å²) in [7, 11) is 1.57. The Balaban J connectivity index is 1.52. The summed E-state index contributed by atoms with van der Waals surface area (Å²) >= 11 is 0.961. The van der Waals surface area contributed by atoms with E-state index < -0.39 is 5.91 Å². The summed E-state index contributed by atoms with van der Waals surface area (Å²) in [6, 6.07) is 17.0. The highest BCUT2D eigenvalue weighted by molar-refractivity contribution is 7.15. The molecule has 1 atom stereocenters. The Labute approximate surface area is 173 Å². The van der Waals surface area contributed by atoms with E-state index in [1.54, 1.807) is 31.4 Å². The molecule has 0 unspecified atom stereocenters. The second kappa shape index (κ2) is 9.79. The van der Waals surface area contributed by atoms with E-state index in [0.29, 0.717) is 11.4 Å². The maximum Gasteiger partial charge on any atom is 0.286 e. The summed E-state index contributed by atoms with van der Waals surface area (Å²) in [5.74, 6) is -0.0466. The van der Waals surface area contributed by atoms with Crippen LogP contribution in [0, 0.1) is 0 Å². The van der Waals surface area contributed by atoms with Gasteiger partial charge in [0, 0.05) is 11.7 Å². The molecule has 0 aliphatic carbocycles. The van der Waals surface area contributed by atoms with Crippen molar-refractivity contribution in [3.8, 4) is 5.75 Å². The maximum atomic E-state index is 12.4. The topological polar surface area (TPSA) is 93.2 Å². The first-order valence-corrected chi connectivity index (χ1v) is 10.0. The Morgan fingerprint density at radius 2 is 1.66 bits per heavy atom. The number of nitrogens with zero attached hydrogens (tertiary/aromatic N) is 2. The molecule has 0 radical (unpaired) electrons. The molecule has 150 valence electrons. The fourth-order valence-electron chi connectivity index (χ4n) is 2.65. The zero-order valence-corrected chi connectivity index (χ0v) is 17.0. The molecule has 2 aromatic carbocycles. The van der Waals surface area contributed by atoms with Crippen LogP contribution in [0.2, 0.25) is 0 Å². The van der Waals surface area contributed by atoms with Gasteiger partial charge in [-0.25, -0.2) is 0 Å². The van der Waals surface area contributed by atoms with Crippen molar-refractivity contribution in [2.45, 2.75) is 25.8 Å². The third-order valence-corrected chi connectivity index (χ3v) is 5.17. The third kappa shape index (κ3) is 5.86. The number of benzene rings is 2. The molecule has 1 aromatic heterocycles. The average Bonchev–Trinajstić information content (AvgIpc) is 3.24. The predicted molar refractivity (Wildman–Crippen MR) is 113 cm³/mol. The van der Waals surface area contributed by atoms with Gasteiger partial charge < -0.3 is 15.4 Å². The predicted octanol–water partition coefficient (Wildman–Crippen LogP) is 3.55. The van der Waals surface area contributed by atoms with E-state index in [1.807, 2.05) is 25.1 Å². The molecule has 0 aliphatic rings. The molecule has 0 spiro atoms. The molecule has 7 nitrogen and oxygen atoms in total. The van der Waals surface area contributed by atoms with Gasteiger partial charge in [0.15, 0.2) is 0 Å². The molecular formula is C21H22N4O3S. The molecule has 0 bridgehead atoms. The number of anilines is 1. The van der Waals surface area contributed by atoms with Crippen molar-refractivity contribution in [3.63, 3.8) is 0 Å². The van der Waals surface area contributed by atoms with Gasteiger partial charge in [0.2, 0.25) is 10.0 Å². The Bertz CT molecular complexity index is 958. The van der Waals surface area contributed by atoms with Crippen LogP contribution in [0.4, 0.5) is 5.69 Å². The minimum Gasteiger partial charge on any atom is -0.497 e. The van der Waals surface area contributed by atoms with Gasteiger partial charge in [-0.05, 0) is 49.6 Å². The highest BCUT2D eigenvalue weighted by Gasteiger charge is 2.19. The number of hydrogen-bond acceptors (Lipinski definition) is 6. The van der Waals surface area contributed by atoms with Crippen molar-refractivity contribution < 1.29 is 14.3 Å². The van der Waals surface area contributed by atoms with E-state index in [2.05, 4.69) is 33.0 Å². The number of aromatic nitrogens is 2. The molecule has 29 heavy (non-hydrogen) atoms. The van der Waals surface area contributed by atoms with E-state index >= 15 is 0 Å². The maximum absolute atomic E-state index is 12.4. The second-order valence-corrected chi connectivity index (χ2v) is 7.47. The SMILES string of the molecule is COc1ccc(NC(=O)c2nnc(C(=O)N[C@@H](C)CCc3ccccc3)s2)cc1. The van der Waals surface area contributed by atoms with Crippen molar-refractivity contribution in [2.24, 2.45) is 0 Å². The quantitative estimate of drug-likeness (QED) is 0.592. The van der Waals surface area contributed by atoms with Gasteiger partial charge in [-0.15, -0.1) is 10.2 Å². The van der Waals surface area contributed by atoms with E-state index in [4.69, 9.17) is 4.74 Å². The number of ether oxygens (including phenoxy) is 1. The van der Waals surface area contributed by atoms with Crippen LogP contribution in [0.5, 0.6) is 5.75 Å². The lowest BCUT2D eigenvalue weighted by Crippen LogP contribution is -2.32. The molecular weight excluding hydrogens is 388 g/mol. The van der Waals surface area contributed by atoms with Crippen LogP contribution in [0.1, 0.15) is 38.5 Å². The van der Waals surface area contributed by atoms with E-state index in [-0.39, 0.29) is 22.0 Å². The largest absolute Gasteiger partial charge is 0.497 e. The van der Waals surface area contributed by atoms with Gasteiger partial charge in [0.25, 0.3) is 11.8 Å². The van der Waals surface area contributed by atoms with Crippen LogP contribution in [-0.2, 0) is 6.42 Å². The fourth-order valence-corrected chi connectivity index (χ4v) is 3.29. The second-order valence-electron chi connectivity index (χ2n) is 6.49. The van der Waals surface area contributed by atoms with Crippen LogP contribution in [-0.4, -0.2) is 35.2 Å². The molecule has 2 amide bonds. The third-order valence-electron chi connectivity index (χ3n) is 4.25. The molecule has 1 heterocycles. The van der Waals surface area contributed by atoms with Crippen LogP contribution in [0.15, 0.2) is 54.6 Å². The highest BCUT2D eigenvalue weighted by Crippen LogP contribution is 2.17. The number of amides is 2. The Morgan fingerprint density at radius 1 is 1.00 bits per heavy atom. The Morgan fingerprint density at radius 3 is 2.31 bits per heavy atom. The van der Waals surface area contributed by atoms with Crippen LogP contribution >= 0.6 is 11.3 Å². The number of carbonyl (C=O) groups is 2. The summed E-state index contributed by atoms with van der Waals surface area (Å²) in [5, 5.41) is 13.6. The summed E-state index contributed by atoms with van der Waals surface area (Å²) in [6.07, 6.45) is 1.67. The smallest absolute Gasteiger partial charge is 0.286 e.